The molecule has 34 heavy (non-hydrogen) atoms. The molecule has 1 N–H and O–H groups in total. The number of hydrogen-bond acceptors (Lipinski definition) is 7. The van der Waals surface area contributed by atoms with Gasteiger partial charge in [0.25, 0.3) is 11.4 Å². The number of hydrogen-bond donors (Lipinski definition) is 1. The van der Waals surface area contributed by atoms with Crippen LogP contribution >= 0.6 is 0 Å². The molecule has 0 aliphatic rings. The van der Waals surface area contributed by atoms with Gasteiger partial charge < -0.3 is 15.0 Å². The summed E-state index contributed by atoms with van der Waals surface area (Å²) in [5, 5.41) is 40.3. The van der Waals surface area contributed by atoms with Crippen molar-refractivity contribution in [3.8, 4) is 5.75 Å². The number of nitro groups is 2. The van der Waals surface area contributed by atoms with E-state index in [-0.39, 0.29) is 5.41 Å². The average molecular weight is 467 g/mol. The third-order valence-corrected chi connectivity index (χ3v) is 4.81. The van der Waals surface area contributed by atoms with Crippen molar-refractivity contribution in [2.45, 2.75) is 33.6 Å². The van der Waals surface area contributed by atoms with Gasteiger partial charge in [-0.25, -0.2) is 0 Å². The molecule has 0 saturated carbocycles. The fourth-order valence-corrected chi connectivity index (χ4v) is 2.72. The summed E-state index contributed by atoms with van der Waals surface area (Å²) in [7, 11) is 0. The van der Waals surface area contributed by atoms with Crippen LogP contribution in [0.1, 0.15) is 49.5 Å². The second-order valence-electron chi connectivity index (χ2n) is 7.99. The molecule has 0 amide bonds. The number of allylic oxidation sites excluding steroid dienone is 4. The molecule has 9 heteroatoms. The fourth-order valence-electron chi connectivity index (χ4n) is 2.72. The number of aromatic carboxylic acids is 1. The van der Waals surface area contributed by atoms with Crippen LogP contribution in [0.15, 0.2) is 72.8 Å². The van der Waals surface area contributed by atoms with Gasteiger partial charge in [-0.2, -0.15) is 0 Å². The van der Waals surface area contributed by atoms with Gasteiger partial charge in [-0.1, -0.05) is 48.9 Å². The van der Waals surface area contributed by atoms with E-state index in [1.165, 1.54) is 5.57 Å². The standard InChI is InChI=1S/C18H24O.C7H4N2O6/c1-5-18(4,13-6-7-15(2)3)14-12-16-8-10-17(19)11-9-16;10-7(11)4-1-5(8(12)13)3-6(2-4)9(14)15/h5,7-12,14,19H,1,6,13H2,2-4H3;1-3H,(H,10,11)/p-1. The Kier molecular flexibility index (Phi) is 10.4. The SMILES string of the molecule is C=CC(C)(C=Cc1ccc(O)cc1)CCC=C(C)C.O=C([O-])c1cc([N+](=O)[O-])cc([N+](=O)[O-])c1. The number of phenols is 1. The molecule has 180 valence electrons. The number of rotatable bonds is 9. The van der Waals surface area contributed by atoms with Gasteiger partial charge in [0.15, 0.2) is 0 Å². The van der Waals surface area contributed by atoms with Gasteiger partial charge in [-0.15, -0.1) is 6.58 Å². The molecule has 2 aromatic rings. The number of phenolic OH excluding ortho intramolecular Hbond substituents is 1. The summed E-state index contributed by atoms with van der Waals surface area (Å²) in [6.45, 7) is 10.4. The maximum atomic E-state index is 10.4. The number of benzene rings is 2. The number of carbonyl (C=O) groups is 1. The van der Waals surface area contributed by atoms with Crippen LogP contribution in [0.5, 0.6) is 5.75 Å². The Morgan fingerprint density at radius 3 is 2.00 bits per heavy atom. The van der Waals surface area contributed by atoms with Gasteiger partial charge in [-0.3, -0.25) is 20.2 Å². The Morgan fingerprint density at radius 1 is 1.06 bits per heavy atom. The van der Waals surface area contributed by atoms with E-state index in [1.54, 1.807) is 12.1 Å². The normalized spacial score (nSPS) is 12.1. The first-order valence-corrected chi connectivity index (χ1v) is 10.3. The van der Waals surface area contributed by atoms with E-state index >= 15 is 0 Å². The third-order valence-electron chi connectivity index (χ3n) is 4.81. The molecule has 0 spiro atoms. The average Bonchev–Trinajstić information content (AvgIpc) is 2.78. The first kappa shape index (κ1) is 27.8. The molecule has 0 aliphatic carbocycles. The van der Waals surface area contributed by atoms with E-state index in [0.29, 0.717) is 23.9 Å². The molecule has 0 radical (unpaired) electrons. The molecular formula is C25H27N2O7-. The van der Waals surface area contributed by atoms with Gasteiger partial charge in [-0.05, 0) is 44.4 Å². The highest BCUT2D eigenvalue weighted by molar-refractivity contribution is 5.87. The Bertz CT molecular complexity index is 1020. The summed E-state index contributed by atoms with van der Waals surface area (Å²) in [6.07, 6.45) is 10.6. The summed E-state index contributed by atoms with van der Waals surface area (Å²) < 4.78 is 0. The van der Waals surface area contributed by atoms with Crippen molar-refractivity contribution in [2.75, 3.05) is 0 Å². The molecule has 1 unspecified atom stereocenters. The third kappa shape index (κ3) is 9.47. The monoisotopic (exact) mass is 467 g/mol. The van der Waals surface area contributed by atoms with Gasteiger partial charge >= 0.3 is 0 Å². The highest BCUT2D eigenvalue weighted by Crippen LogP contribution is 2.28. The summed E-state index contributed by atoms with van der Waals surface area (Å²) >= 11 is 0. The lowest BCUT2D eigenvalue weighted by molar-refractivity contribution is -0.394. The van der Waals surface area contributed by atoms with Crippen molar-refractivity contribution in [2.24, 2.45) is 5.41 Å². The summed E-state index contributed by atoms with van der Waals surface area (Å²) in [4.78, 5) is 29.2. The van der Waals surface area contributed by atoms with Crippen LogP contribution in [-0.4, -0.2) is 20.9 Å². The molecular weight excluding hydrogens is 440 g/mol. The Hall–Kier alpha value is -4.27. The van der Waals surface area contributed by atoms with Crippen LogP contribution in [0, 0.1) is 25.6 Å². The van der Waals surface area contributed by atoms with E-state index in [0.717, 1.165) is 18.4 Å². The van der Waals surface area contributed by atoms with Crippen LogP contribution in [0.25, 0.3) is 6.08 Å². The van der Waals surface area contributed by atoms with E-state index in [1.807, 2.05) is 18.2 Å². The summed E-state index contributed by atoms with van der Waals surface area (Å²) in [6, 6.07) is 9.29. The quantitative estimate of drug-likeness (QED) is 0.302. The predicted octanol–water partition coefficient (Wildman–Crippen LogP) is 5.21. The van der Waals surface area contributed by atoms with E-state index in [9.17, 15) is 35.2 Å². The minimum absolute atomic E-state index is 0.00381. The molecule has 0 aliphatic heterocycles. The van der Waals surface area contributed by atoms with Gasteiger partial charge in [0.2, 0.25) is 0 Å². The van der Waals surface area contributed by atoms with E-state index in [4.69, 9.17) is 0 Å². The predicted molar refractivity (Wildman–Crippen MR) is 128 cm³/mol. The maximum Gasteiger partial charge on any atom is 0.276 e. The fraction of sp³-hybridized carbons (Fsp3) is 0.240. The second kappa shape index (κ2) is 12.7. The number of non-ortho nitro benzene ring substituents is 2. The lowest BCUT2D eigenvalue weighted by atomic mass is 9.84. The van der Waals surface area contributed by atoms with Crippen LogP contribution in [-0.2, 0) is 0 Å². The number of aromatic hydroxyl groups is 1. The van der Waals surface area contributed by atoms with Crippen LogP contribution in [0.4, 0.5) is 11.4 Å². The van der Waals surface area contributed by atoms with Gasteiger partial charge in [0.05, 0.1) is 21.9 Å². The molecule has 0 heterocycles. The first-order chi connectivity index (χ1) is 15.9. The molecule has 0 bridgehead atoms. The minimum atomic E-state index is -1.71. The van der Waals surface area contributed by atoms with E-state index < -0.39 is 32.8 Å². The van der Waals surface area contributed by atoms with Crippen molar-refractivity contribution in [1.29, 1.82) is 0 Å². The highest BCUT2D eigenvalue weighted by Gasteiger charge is 2.16. The Morgan fingerprint density at radius 2 is 1.59 bits per heavy atom. The van der Waals surface area contributed by atoms with Crippen molar-refractivity contribution in [1.82, 2.24) is 0 Å². The van der Waals surface area contributed by atoms with Gasteiger partial charge in [0.1, 0.15) is 5.75 Å². The van der Waals surface area contributed by atoms with E-state index in [2.05, 4.69) is 45.6 Å². The number of nitrogens with zero attached hydrogens (tertiary/aromatic N) is 2. The molecule has 0 saturated heterocycles. The topological polar surface area (TPSA) is 147 Å². The molecule has 2 aromatic carbocycles. The van der Waals surface area contributed by atoms with Crippen LogP contribution < -0.4 is 5.11 Å². The lowest BCUT2D eigenvalue weighted by Crippen LogP contribution is -2.22. The maximum absolute atomic E-state index is 10.4. The first-order valence-electron chi connectivity index (χ1n) is 10.3. The zero-order valence-corrected chi connectivity index (χ0v) is 19.3. The number of carboxylic acids is 1. The minimum Gasteiger partial charge on any atom is -0.545 e. The molecule has 2 rings (SSSR count). The Balaban J connectivity index is 0.000000350. The number of carbonyl (C=O) groups excluding carboxylic acids is 1. The zero-order chi connectivity index (χ0) is 25.9. The zero-order valence-electron chi connectivity index (χ0n) is 19.3. The van der Waals surface area contributed by atoms with Gasteiger partial charge in [0, 0.05) is 23.1 Å². The molecule has 1 atom stereocenters. The summed E-state index contributed by atoms with van der Waals surface area (Å²) in [5.41, 5.74) is 0.522. The van der Waals surface area contributed by atoms with Crippen LogP contribution in [0.3, 0.4) is 0 Å². The second-order valence-corrected chi connectivity index (χ2v) is 7.99. The lowest BCUT2D eigenvalue weighted by Gasteiger charge is -2.20. The van der Waals surface area contributed by atoms with Crippen molar-refractivity contribution in [3.63, 3.8) is 0 Å². The smallest absolute Gasteiger partial charge is 0.276 e. The van der Waals surface area contributed by atoms with Crippen molar-refractivity contribution in [3.05, 3.63) is 104 Å². The summed E-state index contributed by atoms with van der Waals surface area (Å²) in [5.74, 6) is -1.41. The molecule has 0 fully saturated rings. The van der Waals surface area contributed by atoms with Crippen LogP contribution in [0.2, 0.25) is 0 Å². The Labute approximate surface area is 197 Å². The van der Waals surface area contributed by atoms with Crippen molar-refractivity contribution >= 4 is 23.4 Å². The molecule has 9 nitrogen and oxygen atoms in total. The highest BCUT2D eigenvalue weighted by atomic mass is 16.6. The number of carboxylic acid groups (broad SMARTS) is 1. The largest absolute Gasteiger partial charge is 0.545 e. The number of nitro benzene ring substituents is 2. The molecule has 0 aromatic heterocycles. The van der Waals surface area contributed by atoms with Crippen molar-refractivity contribution < 1.29 is 24.9 Å².